The lowest BCUT2D eigenvalue weighted by Crippen LogP contribution is -2.32. The fourth-order valence-corrected chi connectivity index (χ4v) is 3.57. The lowest BCUT2D eigenvalue weighted by molar-refractivity contribution is 0.648. The molecule has 0 aromatic heterocycles. The molecule has 2 N–H and O–H groups in total. The number of hydrogen-bond acceptors (Lipinski definition) is 2. The summed E-state index contributed by atoms with van der Waals surface area (Å²) in [5.41, 5.74) is 11.8. The summed E-state index contributed by atoms with van der Waals surface area (Å²) in [4.78, 5) is 2.49. The summed E-state index contributed by atoms with van der Waals surface area (Å²) < 4.78 is 0. The molecule has 0 bridgehead atoms. The zero-order valence-electron chi connectivity index (χ0n) is 12.3. The van der Waals surface area contributed by atoms with E-state index in [0.717, 1.165) is 18.9 Å². The molecule has 4 rings (SSSR count). The molecule has 21 heavy (non-hydrogen) atoms. The predicted octanol–water partition coefficient (Wildman–Crippen LogP) is 3.63. The van der Waals surface area contributed by atoms with E-state index in [2.05, 4.69) is 53.4 Å². The Morgan fingerprint density at radius 3 is 2.76 bits per heavy atom. The Balaban J connectivity index is 1.67. The SMILES string of the molecule is NCC(c1cccc(C2CC2)c1)N1CCc2ccccc21. The van der Waals surface area contributed by atoms with E-state index in [4.69, 9.17) is 5.73 Å². The molecular weight excluding hydrogens is 256 g/mol. The highest BCUT2D eigenvalue weighted by Crippen LogP contribution is 2.41. The number of hydrogen-bond donors (Lipinski definition) is 1. The van der Waals surface area contributed by atoms with Crippen molar-refractivity contribution in [3.8, 4) is 0 Å². The van der Waals surface area contributed by atoms with Crippen molar-refractivity contribution in [3.63, 3.8) is 0 Å². The third kappa shape index (κ3) is 2.34. The summed E-state index contributed by atoms with van der Waals surface area (Å²) in [7, 11) is 0. The molecule has 2 aromatic rings. The van der Waals surface area contributed by atoms with Crippen molar-refractivity contribution in [1.82, 2.24) is 0 Å². The minimum atomic E-state index is 0.298. The molecule has 0 saturated heterocycles. The van der Waals surface area contributed by atoms with E-state index in [9.17, 15) is 0 Å². The molecule has 1 atom stereocenters. The minimum Gasteiger partial charge on any atom is -0.363 e. The van der Waals surface area contributed by atoms with Gasteiger partial charge in [-0.25, -0.2) is 0 Å². The molecule has 2 aromatic carbocycles. The number of rotatable bonds is 4. The number of nitrogens with two attached hydrogens (primary N) is 1. The van der Waals surface area contributed by atoms with Gasteiger partial charge in [0.1, 0.15) is 0 Å². The smallest absolute Gasteiger partial charge is 0.0665 e. The second kappa shape index (κ2) is 5.19. The molecule has 2 aliphatic rings. The van der Waals surface area contributed by atoms with Crippen molar-refractivity contribution in [3.05, 3.63) is 65.2 Å². The van der Waals surface area contributed by atoms with Crippen LogP contribution in [0.2, 0.25) is 0 Å². The van der Waals surface area contributed by atoms with Gasteiger partial charge in [-0.1, -0.05) is 42.5 Å². The van der Waals surface area contributed by atoms with E-state index < -0.39 is 0 Å². The van der Waals surface area contributed by atoms with E-state index in [0.29, 0.717) is 12.6 Å². The van der Waals surface area contributed by atoms with Crippen molar-refractivity contribution < 1.29 is 0 Å². The van der Waals surface area contributed by atoms with Crippen LogP contribution in [0.1, 0.15) is 41.5 Å². The normalized spacial score (nSPS) is 18.6. The first-order chi connectivity index (χ1) is 10.4. The van der Waals surface area contributed by atoms with Gasteiger partial charge in [0.05, 0.1) is 6.04 Å². The van der Waals surface area contributed by atoms with Crippen LogP contribution in [0.3, 0.4) is 0 Å². The van der Waals surface area contributed by atoms with Crippen LogP contribution in [0.25, 0.3) is 0 Å². The first-order valence-electron chi connectivity index (χ1n) is 8.01. The van der Waals surface area contributed by atoms with Gasteiger partial charge >= 0.3 is 0 Å². The zero-order chi connectivity index (χ0) is 14.2. The standard InChI is InChI=1S/C19H22N2/c20-13-19(17-6-3-5-16(12-17)14-8-9-14)21-11-10-15-4-1-2-7-18(15)21/h1-7,12,14,19H,8-11,13,20H2. The van der Waals surface area contributed by atoms with Crippen molar-refractivity contribution >= 4 is 5.69 Å². The van der Waals surface area contributed by atoms with E-state index in [1.807, 2.05) is 0 Å². The molecule has 2 heteroatoms. The number of para-hydroxylation sites is 1. The first kappa shape index (κ1) is 12.9. The van der Waals surface area contributed by atoms with Crippen LogP contribution in [-0.2, 0) is 6.42 Å². The summed E-state index contributed by atoms with van der Waals surface area (Å²) in [5, 5.41) is 0. The molecule has 1 unspecified atom stereocenters. The lowest BCUT2D eigenvalue weighted by atomic mass is 10.0. The van der Waals surface area contributed by atoms with E-state index >= 15 is 0 Å². The van der Waals surface area contributed by atoms with Crippen LogP contribution in [0.4, 0.5) is 5.69 Å². The van der Waals surface area contributed by atoms with E-state index in [-0.39, 0.29) is 0 Å². The monoisotopic (exact) mass is 278 g/mol. The molecule has 1 saturated carbocycles. The first-order valence-corrected chi connectivity index (χ1v) is 8.01. The van der Waals surface area contributed by atoms with Crippen LogP contribution < -0.4 is 10.6 Å². The fourth-order valence-electron chi connectivity index (χ4n) is 3.57. The topological polar surface area (TPSA) is 29.3 Å². The van der Waals surface area contributed by atoms with Crippen LogP contribution in [0.15, 0.2) is 48.5 Å². The maximum Gasteiger partial charge on any atom is 0.0665 e. The molecule has 1 fully saturated rings. The van der Waals surface area contributed by atoms with Crippen LogP contribution in [0, 0.1) is 0 Å². The highest BCUT2D eigenvalue weighted by Gasteiger charge is 2.28. The Bertz CT molecular complexity index is 646. The molecule has 1 aliphatic carbocycles. The lowest BCUT2D eigenvalue weighted by Gasteiger charge is -2.30. The van der Waals surface area contributed by atoms with Crippen LogP contribution in [0.5, 0.6) is 0 Å². The molecular formula is C19H22N2. The molecule has 2 nitrogen and oxygen atoms in total. The second-order valence-corrected chi connectivity index (χ2v) is 6.27. The maximum atomic E-state index is 6.14. The Morgan fingerprint density at radius 1 is 1.10 bits per heavy atom. The van der Waals surface area contributed by atoms with Gasteiger partial charge in [0.2, 0.25) is 0 Å². The van der Waals surface area contributed by atoms with Crippen molar-refractivity contribution in [1.29, 1.82) is 0 Å². The minimum absolute atomic E-state index is 0.298. The van der Waals surface area contributed by atoms with Gasteiger partial charge in [-0.3, -0.25) is 0 Å². The van der Waals surface area contributed by atoms with Gasteiger partial charge in [0.25, 0.3) is 0 Å². The summed E-state index contributed by atoms with van der Waals surface area (Å²) in [6.07, 6.45) is 3.83. The zero-order valence-corrected chi connectivity index (χ0v) is 12.3. The fraction of sp³-hybridized carbons (Fsp3) is 0.368. The molecule has 108 valence electrons. The third-order valence-corrected chi connectivity index (χ3v) is 4.87. The van der Waals surface area contributed by atoms with Crippen LogP contribution in [-0.4, -0.2) is 13.1 Å². The van der Waals surface area contributed by atoms with Gasteiger partial charge in [-0.15, -0.1) is 0 Å². The maximum absolute atomic E-state index is 6.14. The largest absolute Gasteiger partial charge is 0.363 e. The number of fused-ring (bicyclic) bond motifs is 1. The highest BCUT2D eigenvalue weighted by molar-refractivity contribution is 5.59. The van der Waals surface area contributed by atoms with Crippen LogP contribution >= 0.6 is 0 Å². The molecule has 0 radical (unpaired) electrons. The summed E-state index contributed by atoms with van der Waals surface area (Å²) >= 11 is 0. The van der Waals surface area contributed by atoms with Gasteiger partial charge in [-0.2, -0.15) is 0 Å². The summed E-state index contributed by atoms with van der Waals surface area (Å²) in [6.45, 7) is 1.75. The average Bonchev–Trinajstić information content (AvgIpc) is 3.30. The van der Waals surface area contributed by atoms with E-state index in [1.165, 1.54) is 35.2 Å². The number of nitrogens with zero attached hydrogens (tertiary/aromatic N) is 1. The second-order valence-electron chi connectivity index (χ2n) is 6.27. The summed E-state index contributed by atoms with van der Waals surface area (Å²) in [5.74, 6) is 0.800. The van der Waals surface area contributed by atoms with Gasteiger partial charge in [-0.05, 0) is 47.9 Å². The van der Waals surface area contributed by atoms with Crippen molar-refractivity contribution in [2.75, 3.05) is 18.0 Å². The van der Waals surface area contributed by atoms with Crippen molar-refractivity contribution in [2.24, 2.45) is 5.73 Å². The molecule has 0 spiro atoms. The Hall–Kier alpha value is -1.80. The number of benzene rings is 2. The quantitative estimate of drug-likeness (QED) is 0.925. The average molecular weight is 278 g/mol. The predicted molar refractivity (Wildman–Crippen MR) is 87.7 cm³/mol. The molecule has 1 heterocycles. The van der Waals surface area contributed by atoms with Gasteiger partial charge in [0, 0.05) is 18.8 Å². The molecule has 0 amide bonds. The molecule has 1 aliphatic heterocycles. The highest BCUT2D eigenvalue weighted by atomic mass is 15.2. The summed E-state index contributed by atoms with van der Waals surface area (Å²) in [6, 6.07) is 18.1. The van der Waals surface area contributed by atoms with Gasteiger partial charge in [0.15, 0.2) is 0 Å². The Morgan fingerprint density at radius 2 is 1.95 bits per heavy atom. The third-order valence-electron chi connectivity index (χ3n) is 4.87. The van der Waals surface area contributed by atoms with Crippen molar-refractivity contribution in [2.45, 2.75) is 31.2 Å². The number of anilines is 1. The van der Waals surface area contributed by atoms with E-state index in [1.54, 1.807) is 0 Å². The van der Waals surface area contributed by atoms with Gasteiger partial charge < -0.3 is 10.6 Å². The Labute approximate surface area is 126 Å². The Kier molecular flexibility index (Phi) is 3.19.